The Kier molecular flexibility index (Phi) is 11.4. The number of benzene rings is 2. The van der Waals surface area contributed by atoms with Gasteiger partial charge in [0.05, 0.1) is 12.3 Å². The number of ketones is 1. The van der Waals surface area contributed by atoms with E-state index in [4.69, 9.17) is 21.3 Å². The summed E-state index contributed by atoms with van der Waals surface area (Å²) in [6, 6.07) is 11.4. The number of nitrogens with zero attached hydrogens (tertiary/aromatic N) is 5. The summed E-state index contributed by atoms with van der Waals surface area (Å²) in [4.78, 5) is 71.0. The molecule has 0 saturated carbocycles. The van der Waals surface area contributed by atoms with Gasteiger partial charge in [-0.2, -0.15) is 0 Å². The maximum atomic E-state index is 13.4. The molecule has 1 fully saturated rings. The highest BCUT2D eigenvalue weighted by atomic mass is 35.5. The zero-order valence-electron chi connectivity index (χ0n) is 31.2. The fourth-order valence-electron chi connectivity index (χ4n) is 7.58. The first-order valence-corrected chi connectivity index (χ1v) is 20.0. The molecule has 55 heavy (non-hydrogen) atoms. The number of hydrogen-bond acceptors (Lipinski definition) is 10. The van der Waals surface area contributed by atoms with Crippen molar-refractivity contribution >= 4 is 58.1 Å². The number of aryl methyl sites for hydroxylation is 2. The van der Waals surface area contributed by atoms with Crippen LogP contribution in [0.4, 0.5) is 0 Å². The van der Waals surface area contributed by atoms with Gasteiger partial charge in [0.2, 0.25) is 11.8 Å². The van der Waals surface area contributed by atoms with Gasteiger partial charge in [0.1, 0.15) is 34.4 Å². The van der Waals surface area contributed by atoms with Gasteiger partial charge in [0, 0.05) is 57.8 Å². The van der Waals surface area contributed by atoms with E-state index in [-0.39, 0.29) is 55.8 Å². The summed E-state index contributed by atoms with van der Waals surface area (Å²) in [5.74, 6) is 0.367. The van der Waals surface area contributed by atoms with Crippen molar-refractivity contribution in [2.45, 2.75) is 110 Å². The molecule has 3 aliphatic heterocycles. The first-order valence-electron chi connectivity index (χ1n) is 18.9. The summed E-state index contributed by atoms with van der Waals surface area (Å²) in [6.07, 6.45) is 6.41. The van der Waals surface area contributed by atoms with Crippen LogP contribution in [0.5, 0.6) is 5.75 Å². The van der Waals surface area contributed by atoms with Gasteiger partial charge >= 0.3 is 5.97 Å². The van der Waals surface area contributed by atoms with Gasteiger partial charge in [-0.05, 0) is 69.9 Å². The molecule has 0 spiro atoms. The Balaban J connectivity index is 0.869. The molecule has 4 aromatic rings. The number of fused-ring (bicyclic) bond motifs is 4. The fraction of sp³-hybridized carbons (Fsp3) is 0.415. The van der Waals surface area contributed by atoms with Crippen LogP contribution in [0.25, 0.3) is 5.00 Å². The number of thiophene rings is 1. The average Bonchev–Trinajstić information content (AvgIpc) is 3.77. The Morgan fingerprint density at radius 1 is 0.945 bits per heavy atom. The van der Waals surface area contributed by atoms with Crippen molar-refractivity contribution in [3.05, 3.63) is 91.8 Å². The Labute approximate surface area is 328 Å². The molecule has 14 heteroatoms. The second-order valence-corrected chi connectivity index (χ2v) is 16.1. The minimum Gasteiger partial charge on any atom is -0.426 e. The fourth-order valence-corrected chi connectivity index (χ4v) is 8.92. The quantitative estimate of drug-likeness (QED) is 0.0608. The number of amides is 3. The Morgan fingerprint density at radius 3 is 2.42 bits per heavy atom. The number of aromatic nitrogens is 3. The number of halogens is 1. The molecule has 1 N–H and O–H groups in total. The van der Waals surface area contributed by atoms with E-state index >= 15 is 0 Å². The molecule has 3 amide bonds. The second-order valence-electron chi connectivity index (χ2n) is 14.4. The summed E-state index contributed by atoms with van der Waals surface area (Å²) in [5, 5.41) is 12.9. The van der Waals surface area contributed by atoms with Crippen molar-refractivity contribution in [2.24, 2.45) is 4.99 Å². The number of piperidine rings is 1. The van der Waals surface area contributed by atoms with E-state index < -0.39 is 18.0 Å². The van der Waals surface area contributed by atoms with Crippen LogP contribution in [0.2, 0.25) is 5.02 Å². The molecule has 7 rings (SSSR count). The average molecular weight is 783 g/mol. The van der Waals surface area contributed by atoms with Gasteiger partial charge in [-0.1, -0.05) is 55.5 Å². The predicted molar refractivity (Wildman–Crippen MR) is 208 cm³/mol. The third-order valence-corrected chi connectivity index (χ3v) is 12.1. The molecule has 0 bridgehead atoms. The highest BCUT2D eigenvalue weighted by molar-refractivity contribution is 7.15. The number of ether oxygens (including phenoxy) is 1. The minimum atomic E-state index is -0.736. The lowest BCUT2D eigenvalue weighted by Gasteiger charge is -2.29. The number of aliphatic imine (C=N–C) groups is 1. The highest BCUT2D eigenvalue weighted by Crippen LogP contribution is 2.40. The van der Waals surface area contributed by atoms with Gasteiger partial charge in [-0.3, -0.25) is 38.8 Å². The van der Waals surface area contributed by atoms with E-state index in [0.717, 1.165) is 65.3 Å². The number of Topliss-reactive ketones (excluding diaryl/α,β-unsaturated/α-hetero) is 1. The number of imide groups is 1. The molecule has 0 radical (unpaired) electrons. The number of carbonyl (C=O) groups is 5. The van der Waals surface area contributed by atoms with Gasteiger partial charge in [0.25, 0.3) is 5.91 Å². The van der Waals surface area contributed by atoms with Gasteiger partial charge in [-0.15, -0.1) is 21.5 Å². The lowest BCUT2D eigenvalue weighted by molar-refractivity contribution is -0.137. The Hall–Kier alpha value is -5.01. The molecular weight excluding hydrogens is 740 g/mol. The number of hydrogen-bond donors (Lipinski definition) is 1. The summed E-state index contributed by atoms with van der Waals surface area (Å²) < 4.78 is 7.74. The third-order valence-electron chi connectivity index (χ3n) is 10.6. The molecular formula is C41H43ClN6O6S. The first kappa shape index (κ1) is 38.3. The van der Waals surface area contributed by atoms with E-state index in [1.54, 1.807) is 29.5 Å². The van der Waals surface area contributed by atoms with E-state index in [1.807, 2.05) is 31.2 Å². The number of nitrogens with one attached hydrogen (secondary N) is 1. The van der Waals surface area contributed by atoms with Crippen LogP contribution >= 0.6 is 22.9 Å². The lowest BCUT2D eigenvalue weighted by atomic mass is 9.99. The standard InChI is InChI=1S/C41H43ClN6O6S/c1-23-24(2)55-41-36(23)37(26-15-17-27(42)18-16-26)43-31(38-46-45-25(3)48(38)41)21-28(49)11-8-6-4-5-7-9-14-35(51)54-33-13-10-12-29-30(33)22-47(40(29)53)32-19-20-34(50)44-39(32)52/h10,12-13,15-18,31-32H,4-9,11,14,19-22H2,1-3H3,(H,44,50,52)/t31-,32?/m0/s1. The van der Waals surface area contributed by atoms with Crippen LogP contribution < -0.4 is 10.1 Å². The normalized spacial score (nSPS) is 17.6. The maximum Gasteiger partial charge on any atom is 0.311 e. The molecule has 2 aromatic carbocycles. The lowest BCUT2D eigenvalue weighted by Crippen LogP contribution is -2.52. The van der Waals surface area contributed by atoms with E-state index in [9.17, 15) is 24.0 Å². The van der Waals surface area contributed by atoms with E-state index in [0.29, 0.717) is 40.6 Å². The van der Waals surface area contributed by atoms with Crippen LogP contribution in [-0.2, 0) is 25.7 Å². The summed E-state index contributed by atoms with van der Waals surface area (Å²) >= 11 is 7.91. The molecule has 286 valence electrons. The molecule has 5 heterocycles. The van der Waals surface area contributed by atoms with Crippen molar-refractivity contribution in [3.8, 4) is 10.8 Å². The maximum absolute atomic E-state index is 13.4. The van der Waals surface area contributed by atoms with Crippen molar-refractivity contribution in [1.29, 1.82) is 0 Å². The monoisotopic (exact) mass is 782 g/mol. The molecule has 3 aliphatic rings. The number of rotatable bonds is 14. The SMILES string of the molecule is Cc1sc2c(c1C)C(c1ccc(Cl)cc1)=N[C@@H](CC(=O)CCCCCCCCC(=O)Oc1cccc3c1CN(C1CCC(=O)NC1=O)C3=O)c1nnc(C)n1-2. The zero-order valence-corrected chi connectivity index (χ0v) is 32.7. The largest absolute Gasteiger partial charge is 0.426 e. The van der Waals surface area contributed by atoms with Crippen LogP contribution in [0.15, 0.2) is 47.5 Å². The zero-order chi connectivity index (χ0) is 38.8. The van der Waals surface area contributed by atoms with Crippen LogP contribution in [-0.4, -0.2) is 60.9 Å². The van der Waals surface area contributed by atoms with Crippen LogP contribution in [0.1, 0.15) is 126 Å². The van der Waals surface area contributed by atoms with Gasteiger partial charge < -0.3 is 9.64 Å². The summed E-state index contributed by atoms with van der Waals surface area (Å²) in [5.41, 5.74) is 4.93. The Bertz CT molecular complexity index is 2210. The number of unbranched alkanes of at least 4 members (excludes halogenated alkanes) is 5. The van der Waals surface area contributed by atoms with Crippen LogP contribution in [0.3, 0.4) is 0 Å². The van der Waals surface area contributed by atoms with Crippen molar-refractivity contribution in [3.63, 3.8) is 0 Å². The number of esters is 1. The van der Waals surface area contributed by atoms with E-state index in [2.05, 4.69) is 33.9 Å². The smallest absolute Gasteiger partial charge is 0.311 e. The minimum absolute atomic E-state index is 0.131. The molecule has 1 saturated heterocycles. The van der Waals surface area contributed by atoms with Gasteiger partial charge in [-0.25, -0.2) is 0 Å². The topological polar surface area (TPSA) is 153 Å². The molecule has 0 aliphatic carbocycles. The Morgan fingerprint density at radius 2 is 1.67 bits per heavy atom. The predicted octanol–water partition coefficient (Wildman–Crippen LogP) is 7.25. The van der Waals surface area contributed by atoms with Crippen molar-refractivity contribution < 1.29 is 28.7 Å². The number of carbonyl (C=O) groups excluding carboxylic acids is 5. The summed E-state index contributed by atoms with van der Waals surface area (Å²) in [7, 11) is 0. The van der Waals surface area contributed by atoms with Gasteiger partial charge in [0.15, 0.2) is 5.82 Å². The molecule has 1 unspecified atom stereocenters. The third kappa shape index (κ3) is 8.04. The second kappa shape index (κ2) is 16.4. The molecule has 2 aromatic heterocycles. The highest BCUT2D eigenvalue weighted by Gasteiger charge is 2.40. The van der Waals surface area contributed by atoms with Crippen LogP contribution in [0, 0.1) is 20.8 Å². The van der Waals surface area contributed by atoms with Crippen molar-refractivity contribution in [2.75, 3.05) is 0 Å². The molecule has 12 nitrogen and oxygen atoms in total. The first-order chi connectivity index (χ1) is 26.5. The van der Waals surface area contributed by atoms with E-state index in [1.165, 1.54) is 9.78 Å². The summed E-state index contributed by atoms with van der Waals surface area (Å²) in [6.45, 7) is 6.28. The molecule has 2 atom stereocenters. The van der Waals surface area contributed by atoms with Crippen molar-refractivity contribution in [1.82, 2.24) is 25.0 Å².